The maximum Gasteiger partial charge on any atom is 0.249 e. The van der Waals surface area contributed by atoms with Crippen molar-refractivity contribution in [2.75, 3.05) is 5.32 Å². The number of carbonyl (C=O) groups is 2. The van der Waals surface area contributed by atoms with Gasteiger partial charge in [0.05, 0.1) is 6.42 Å². The van der Waals surface area contributed by atoms with Crippen LogP contribution < -0.4 is 16.1 Å². The van der Waals surface area contributed by atoms with Crippen molar-refractivity contribution in [1.29, 1.82) is 0 Å². The van der Waals surface area contributed by atoms with E-state index in [1.807, 2.05) is 56.3 Å². The summed E-state index contributed by atoms with van der Waals surface area (Å²) in [6, 6.07) is 12.9. The number of carbonyl (C=O) groups excluding carboxylic acids is 2. The van der Waals surface area contributed by atoms with Gasteiger partial charge in [-0.25, -0.2) is 5.01 Å². The van der Waals surface area contributed by atoms with E-state index in [9.17, 15) is 9.59 Å². The Bertz CT molecular complexity index is 970. The van der Waals surface area contributed by atoms with Gasteiger partial charge in [0.15, 0.2) is 0 Å². The van der Waals surface area contributed by atoms with Crippen LogP contribution in [0.15, 0.2) is 58.9 Å². The van der Waals surface area contributed by atoms with Crippen LogP contribution >= 0.6 is 0 Å². The fourth-order valence-electron chi connectivity index (χ4n) is 3.09. The molecule has 1 atom stereocenters. The Morgan fingerprint density at radius 1 is 1.19 bits per heavy atom. The lowest BCUT2D eigenvalue weighted by Gasteiger charge is -2.32. The highest BCUT2D eigenvalue weighted by Gasteiger charge is 2.39. The van der Waals surface area contributed by atoms with E-state index in [0.717, 1.165) is 22.0 Å². The van der Waals surface area contributed by atoms with Gasteiger partial charge in [-0.1, -0.05) is 36.4 Å². The lowest BCUT2D eigenvalue weighted by molar-refractivity contribution is -0.129. The summed E-state index contributed by atoms with van der Waals surface area (Å²) in [5.74, 6) is 0.516. The number of benzene rings is 2. The molecule has 2 aliphatic rings. The van der Waals surface area contributed by atoms with Crippen molar-refractivity contribution in [3.8, 4) is 0 Å². The zero-order chi connectivity index (χ0) is 18.3. The fourth-order valence-corrected chi connectivity index (χ4v) is 3.09. The molecule has 0 radical (unpaired) electrons. The standard InChI is InChI=1S/C19H19N5O2/c1-11(2)17-22-19-21-16(25)10-15(24(19)23-17)18(26)20-14-9-5-7-12-6-3-4-8-13(12)14/h3-9,15,23H,10H2,1-2H3,(H,20,26)(H,21,22,25)/t15-/m0/s1. The van der Waals surface area contributed by atoms with Crippen molar-refractivity contribution in [1.82, 2.24) is 15.8 Å². The molecule has 0 aliphatic carbocycles. The van der Waals surface area contributed by atoms with Gasteiger partial charge < -0.3 is 5.32 Å². The molecule has 7 nitrogen and oxygen atoms in total. The summed E-state index contributed by atoms with van der Waals surface area (Å²) < 4.78 is 0. The molecule has 3 N–H and O–H groups in total. The highest BCUT2D eigenvalue weighted by Crippen LogP contribution is 2.25. The Balaban J connectivity index is 1.62. The maximum absolute atomic E-state index is 12.9. The first-order valence-corrected chi connectivity index (χ1v) is 8.43. The van der Waals surface area contributed by atoms with Gasteiger partial charge >= 0.3 is 0 Å². The summed E-state index contributed by atoms with van der Waals surface area (Å²) in [7, 11) is 0. The Morgan fingerprint density at radius 3 is 2.77 bits per heavy atom. The highest BCUT2D eigenvalue weighted by atomic mass is 16.2. The molecule has 4 rings (SSSR count). The monoisotopic (exact) mass is 349 g/mol. The van der Waals surface area contributed by atoms with E-state index in [1.165, 1.54) is 0 Å². The largest absolute Gasteiger partial charge is 0.324 e. The van der Waals surface area contributed by atoms with Crippen LogP contribution in [-0.4, -0.2) is 28.8 Å². The van der Waals surface area contributed by atoms with E-state index in [2.05, 4.69) is 21.1 Å². The molecule has 2 aromatic carbocycles. The van der Waals surface area contributed by atoms with Crippen molar-refractivity contribution in [2.24, 2.45) is 4.99 Å². The second-order valence-electron chi connectivity index (χ2n) is 6.55. The molecule has 2 amide bonds. The number of nitrogens with zero attached hydrogens (tertiary/aromatic N) is 2. The Labute approximate surface area is 150 Å². The summed E-state index contributed by atoms with van der Waals surface area (Å²) in [5.41, 5.74) is 4.79. The van der Waals surface area contributed by atoms with Crippen LogP contribution in [0.1, 0.15) is 20.3 Å². The van der Waals surface area contributed by atoms with E-state index in [0.29, 0.717) is 11.8 Å². The lowest BCUT2D eigenvalue weighted by atomic mass is 10.1. The number of rotatable bonds is 2. The molecule has 2 heterocycles. The summed E-state index contributed by atoms with van der Waals surface area (Å²) >= 11 is 0. The van der Waals surface area contributed by atoms with E-state index in [-0.39, 0.29) is 18.2 Å². The van der Waals surface area contributed by atoms with Gasteiger partial charge in [-0.3, -0.25) is 20.3 Å². The molecule has 7 heteroatoms. The Kier molecular flexibility index (Phi) is 3.84. The second-order valence-corrected chi connectivity index (χ2v) is 6.55. The molecule has 132 valence electrons. The second kappa shape index (κ2) is 6.18. The zero-order valence-electron chi connectivity index (χ0n) is 14.5. The molecule has 0 saturated carbocycles. The summed E-state index contributed by atoms with van der Waals surface area (Å²) in [6.45, 7) is 3.83. The SMILES string of the molecule is CC(C)=C1N=C2NC(=O)C[C@@H](C(=O)Nc3cccc4ccccc34)N2N1. The average molecular weight is 349 g/mol. The third kappa shape index (κ3) is 2.77. The lowest BCUT2D eigenvalue weighted by Crippen LogP contribution is -2.61. The van der Waals surface area contributed by atoms with Crippen LogP contribution in [0, 0.1) is 0 Å². The van der Waals surface area contributed by atoms with E-state index in [1.54, 1.807) is 5.01 Å². The van der Waals surface area contributed by atoms with Crippen LogP contribution in [0.5, 0.6) is 0 Å². The van der Waals surface area contributed by atoms with Gasteiger partial charge in [-0.05, 0) is 30.9 Å². The topological polar surface area (TPSA) is 85.8 Å². The molecule has 0 spiro atoms. The van der Waals surface area contributed by atoms with E-state index in [4.69, 9.17) is 0 Å². The zero-order valence-corrected chi connectivity index (χ0v) is 14.5. The van der Waals surface area contributed by atoms with E-state index >= 15 is 0 Å². The normalized spacial score (nSPS) is 18.8. The number of nitrogens with one attached hydrogen (secondary N) is 3. The predicted molar refractivity (Wildman–Crippen MR) is 99.9 cm³/mol. The molecule has 1 fully saturated rings. The summed E-state index contributed by atoms with van der Waals surface area (Å²) in [6.07, 6.45) is 0.0542. The third-order valence-corrected chi connectivity index (χ3v) is 4.44. The first kappa shape index (κ1) is 16.1. The number of guanidine groups is 1. The number of amides is 2. The smallest absolute Gasteiger partial charge is 0.249 e. The molecule has 2 aromatic rings. The number of hydrogen-bond donors (Lipinski definition) is 3. The molecule has 2 aliphatic heterocycles. The van der Waals surface area contributed by atoms with Gasteiger partial charge in [-0.15, -0.1) is 0 Å². The van der Waals surface area contributed by atoms with Crippen LogP contribution in [0.25, 0.3) is 10.8 Å². The first-order chi connectivity index (χ1) is 12.5. The highest BCUT2D eigenvalue weighted by molar-refractivity contribution is 6.10. The minimum absolute atomic E-state index is 0.0542. The van der Waals surface area contributed by atoms with Crippen LogP contribution in [0.3, 0.4) is 0 Å². The molecule has 0 unspecified atom stereocenters. The van der Waals surface area contributed by atoms with Crippen molar-refractivity contribution in [3.05, 3.63) is 53.9 Å². The quantitative estimate of drug-likeness (QED) is 0.775. The summed E-state index contributed by atoms with van der Waals surface area (Å²) in [4.78, 5) is 29.3. The number of aliphatic imine (C=N–C) groups is 1. The maximum atomic E-state index is 12.9. The van der Waals surface area contributed by atoms with Crippen molar-refractivity contribution in [2.45, 2.75) is 26.3 Å². The Hall–Kier alpha value is -3.35. The molecule has 1 saturated heterocycles. The minimum atomic E-state index is -0.682. The average Bonchev–Trinajstić information content (AvgIpc) is 3.05. The molecular formula is C19H19N5O2. The van der Waals surface area contributed by atoms with Crippen molar-refractivity contribution in [3.63, 3.8) is 0 Å². The van der Waals surface area contributed by atoms with Crippen LogP contribution in [-0.2, 0) is 9.59 Å². The first-order valence-electron chi connectivity index (χ1n) is 8.43. The Morgan fingerprint density at radius 2 is 1.96 bits per heavy atom. The van der Waals surface area contributed by atoms with Gasteiger partial charge in [-0.2, -0.15) is 4.99 Å². The van der Waals surface area contributed by atoms with E-state index < -0.39 is 6.04 Å². The van der Waals surface area contributed by atoms with Gasteiger partial charge in [0.2, 0.25) is 17.8 Å². The van der Waals surface area contributed by atoms with Crippen molar-refractivity contribution >= 4 is 34.2 Å². The minimum Gasteiger partial charge on any atom is -0.324 e. The number of fused-ring (bicyclic) bond motifs is 2. The summed E-state index contributed by atoms with van der Waals surface area (Å²) in [5, 5.41) is 9.27. The van der Waals surface area contributed by atoms with Crippen LogP contribution in [0.4, 0.5) is 5.69 Å². The molecule has 0 aromatic heterocycles. The fraction of sp³-hybridized carbons (Fsp3) is 0.211. The number of hydrazine groups is 1. The number of hydrogen-bond acceptors (Lipinski definition) is 5. The molecular weight excluding hydrogens is 330 g/mol. The predicted octanol–water partition coefficient (Wildman–Crippen LogP) is 2.09. The van der Waals surface area contributed by atoms with Gasteiger partial charge in [0.1, 0.15) is 11.9 Å². The number of allylic oxidation sites excluding steroid dienone is 1. The third-order valence-electron chi connectivity index (χ3n) is 4.44. The number of anilines is 1. The van der Waals surface area contributed by atoms with Crippen LogP contribution in [0.2, 0.25) is 0 Å². The van der Waals surface area contributed by atoms with Gasteiger partial charge in [0.25, 0.3) is 0 Å². The molecule has 0 bridgehead atoms. The molecule has 26 heavy (non-hydrogen) atoms. The van der Waals surface area contributed by atoms with Crippen molar-refractivity contribution < 1.29 is 9.59 Å². The van der Waals surface area contributed by atoms with Gasteiger partial charge in [0, 0.05) is 11.1 Å².